The van der Waals surface area contributed by atoms with Gasteiger partial charge in [-0.1, -0.05) is 6.07 Å². The van der Waals surface area contributed by atoms with E-state index in [4.69, 9.17) is 15.7 Å². The lowest BCUT2D eigenvalue weighted by molar-refractivity contribution is 0.0996. The minimum atomic E-state index is -0.683. The highest BCUT2D eigenvalue weighted by molar-refractivity contribution is 6.10. The van der Waals surface area contributed by atoms with Crippen molar-refractivity contribution in [2.24, 2.45) is 5.73 Å². The maximum Gasteiger partial charge on any atom is 0.260 e. The van der Waals surface area contributed by atoms with E-state index in [0.717, 1.165) is 30.2 Å². The highest BCUT2D eigenvalue weighted by Gasteiger charge is 2.36. The monoisotopic (exact) mass is 420 g/mol. The van der Waals surface area contributed by atoms with Crippen LogP contribution in [0, 0.1) is 0 Å². The number of aromatic nitrogens is 5. The van der Waals surface area contributed by atoms with Gasteiger partial charge in [0.25, 0.3) is 5.91 Å². The Balaban J connectivity index is 1.77. The second kappa shape index (κ2) is 7.73. The number of aryl methyl sites for hydroxylation is 1. The number of carbonyl (C=O) groups excluding carboxylic acids is 1. The summed E-state index contributed by atoms with van der Waals surface area (Å²) in [6, 6.07) is 7.44. The maximum absolute atomic E-state index is 13.4. The number of anilines is 2. The Bertz CT molecular complexity index is 1130. The largest absolute Gasteiger partial charge is 0.360 e. The van der Waals surface area contributed by atoms with Crippen LogP contribution in [0.1, 0.15) is 49.3 Å². The standard InChI is InChI=1S/C22H28N8O/c1-6-28(5)18-11-14-15(19(26-18)22(3,4)23)12-30(21(14)31)17-10-8-9-16(25-17)20-27-24-13-29(20)7-2/h8-11,13H,6-7,12,23H2,1-5H3. The van der Waals surface area contributed by atoms with Gasteiger partial charge >= 0.3 is 0 Å². The second-order valence-electron chi connectivity index (χ2n) is 8.30. The topological polar surface area (TPSA) is 106 Å². The maximum atomic E-state index is 13.4. The number of hydrogen-bond acceptors (Lipinski definition) is 7. The highest BCUT2D eigenvalue weighted by Crippen LogP contribution is 2.35. The number of nitrogens with zero attached hydrogens (tertiary/aromatic N) is 7. The predicted molar refractivity (Wildman–Crippen MR) is 120 cm³/mol. The predicted octanol–water partition coefficient (Wildman–Crippen LogP) is 2.57. The fraction of sp³-hybridized carbons (Fsp3) is 0.409. The van der Waals surface area contributed by atoms with Crippen molar-refractivity contribution < 1.29 is 4.79 Å². The van der Waals surface area contributed by atoms with Crippen LogP contribution in [0.25, 0.3) is 11.5 Å². The van der Waals surface area contributed by atoms with Crippen LogP contribution in [-0.2, 0) is 18.6 Å². The molecule has 9 nitrogen and oxygen atoms in total. The molecule has 1 aliphatic rings. The molecular formula is C22H28N8O. The third-order valence-electron chi connectivity index (χ3n) is 5.57. The van der Waals surface area contributed by atoms with Gasteiger partial charge < -0.3 is 15.2 Å². The number of carbonyl (C=O) groups is 1. The van der Waals surface area contributed by atoms with Gasteiger partial charge in [0.2, 0.25) is 0 Å². The molecule has 2 N–H and O–H groups in total. The van der Waals surface area contributed by atoms with Gasteiger partial charge in [0.15, 0.2) is 5.82 Å². The molecule has 0 saturated carbocycles. The lowest BCUT2D eigenvalue weighted by atomic mass is 9.94. The molecule has 9 heteroatoms. The van der Waals surface area contributed by atoms with E-state index in [-0.39, 0.29) is 5.91 Å². The Morgan fingerprint density at radius 2 is 2.00 bits per heavy atom. The number of fused-ring (bicyclic) bond motifs is 1. The minimum Gasteiger partial charge on any atom is -0.360 e. The zero-order chi connectivity index (χ0) is 22.3. The zero-order valence-electron chi connectivity index (χ0n) is 18.6. The van der Waals surface area contributed by atoms with Gasteiger partial charge in [0, 0.05) is 25.7 Å². The number of nitrogens with two attached hydrogens (primary N) is 1. The molecule has 162 valence electrons. The van der Waals surface area contributed by atoms with Gasteiger partial charge in [0.05, 0.1) is 23.3 Å². The lowest BCUT2D eigenvalue weighted by Crippen LogP contribution is -2.32. The first-order valence-electron chi connectivity index (χ1n) is 10.5. The minimum absolute atomic E-state index is 0.102. The van der Waals surface area contributed by atoms with Crippen LogP contribution in [0.3, 0.4) is 0 Å². The molecule has 0 aliphatic carbocycles. The summed E-state index contributed by atoms with van der Waals surface area (Å²) in [5, 5.41) is 8.17. The summed E-state index contributed by atoms with van der Waals surface area (Å²) in [5.41, 5.74) is 8.65. The quantitative estimate of drug-likeness (QED) is 0.653. The molecule has 4 rings (SSSR count). The molecule has 3 aromatic rings. The summed E-state index contributed by atoms with van der Waals surface area (Å²) in [7, 11) is 1.95. The molecule has 0 fully saturated rings. The van der Waals surface area contributed by atoms with E-state index in [1.807, 2.05) is 68.5 Å². The zero-order valence-corrected chi connectivity index (χ0v) is 18.6. The van der Waals surface area contributed by atoms with E-state index in [0.29, 0.717) is 29.4 Å². The summed E-state index contributed by atoms with van der Waals surface area (Å²) in [6.07, 6.45) is 1.67. The smallest absolute Gasteiger partial charge is 0.260 e. The first-order valence-corrected chi connectivity index (χ1v) is 10.5. The van der Waals surface area contributed by atoms with Gasteiger partial charge in [-0.15, -0.1) is 10.2 Å². The van der Waals surface area contributed by atoms with Gasteiger partial charge in [-0.2, -0.15) is 0 Å². The Kier molecular flexibility index (Phi) is 5.22. The van der Waals surface area contributed by atoms with E-state index in [1.165, 1.54) is 0 Å². The molecule has 4 heterocycles. The fourth-order valence-corrected chi connectivity index (χ4v) is 3.74. The van der Waals surface area contributed by atoms with E-state index >= 15 is 0 Å². The molecule has 1 aliphatic heterocycles. The van der Waals surface area contributed by atoms with Crippen LogP contribution >= 0.6 is 0 Å². The number of hydrogen-bond donors (Lipinski definition) is 1. The molecule has 0 radical (unpaired) electrons. The normalized spacial score (nSPS) is 13.6. The molecule has 0 unspecified atom stereocenters. The molecule has 1 amide bonds. The summed E-state index contributed by atoms with van der Waals surface area (Å²) in [4.78, 5) is 26.6. The average Bonchev–Trinajstić information content (AvgIpc) is 3.36. The summed E-state index contributed by atoms with van der Waals surface area (Å²) < 4.78 is 1.92. The Morgan fingerprint density at radius 3 is 2.68 bits per heavy atom. The van der Waals surface area contributed by atoms with Crippen molar-refractivity contribution in [2.75, 3.05) is 23.4 Å². The Morgan fingerprint density at radius 1 is 1.23 bits per heavy atom. The Hall–Kier alpha value is -3.33. The van der Waals surface area contributed by atoms with E-state index in [2.05, 4.69) is 10.2 Å². The van der Waals surface area contributed by atoms with E-state index in [1.54, 1.807) is 11.2 Å². The molecule has 0 spiro atoms. The lowest BCUT2D eigenvalue weighted by Gasteiger charge is -2.24. The molecule has 0 bridgehead atoms. The molecule has 31 heavy (non-hydrogen) atoms. The van der Waals surface area contributed by atoms with Crippen LogP contribution in [-0.4, -0.2) is 44.2 Å². The van der Waals surface area contributed by atoms with Gasteiger partial charge in [-0.3, -0.25) is 9.69 Å². The van der Waals surface area contributed by atoms with Crippen LogP contribution in [0.2, 0.25) is 0 Å². The first-order chi connectivity index (χ1) is 14.7. The number of amides is 1. The summed E-state index contributed by atoms with van der Waals surface area (Å²) in [5.74, 6) is 1.87. The molecule has 0 atom stereocenters. The highest BCUT2D eigenvalue weighted by atomic mass is 16.2. The van der Waals surface area contributed by atoms with Gasteiger partial charge in [-0.05, 0) is 45.9 Å². The van der Waals surface area contributed by atoms with Crippen molar-refractivity contribution in [1.29, 1.82) is 0 Å². The van der Waals surface area contributed by atoms with Crippen LogP contribution in [0.5, 0.6) is 0 Å². The number of rotatable bonds is 6. The SMILES string of the molecule is CCN(C)c1cc2c(c(C(C)(C)N)n1)CN(c1cccc(-c3nncn3CC)n1)C2=O. The van der Waals surface area contributed by atoms with Gasteiger partial charge in [-0.25, -0.2) is 9.97 Å². The number of pyridine rings is 2. The van der Waals surface area contributed by atoms with Crippen LogP contribution < -0.4 is 15.5 Å². The van der Waals surface area contributed by atoms with Crippen LogP contribution in [0.4, 0.5) is 11.6 Å². The average molecular weight is 421 g/mol. The van der Waals surface area contributed by atoms with Crippen molar-refractivity contribution in [3.8, 4) is 11.5 Å². The van der Waals surface area contributed by atoms with E-state index in [9.17, 15) is 4.79 Å². The fourth-order valence-electron chi connectivity index (χ4n) is 3.74. The van der Waals surface area contributed by atoms with Crippen molar-refractivity contribution in [3.05, 3.63) is 47.4 Å². The van der Waals surface area contributed by atoms with Crippen molar-refractivity contribution in [3.63, 3.8) is 0 Å². The van der Waals surface area contributed by atoms with Crippen molar-refractivity contribution in [2.45, 2.75) is 46.3 Å². The van der Waals surface area contributed by atoms with Crippen molar-refractivity contribution in [1.82, 2.24) is 24.7 Å². The van der Waals surface area contributed by atoms with E-state index < -0.39 is 5.54 Å². The first kappa shape index (κ1) is 20.9. The summed E-state index contributed by atoms with van der Waals surface area (Å²) in [6.45, 7) is 9.77. The summed E-state index contributed by atoms with van der Waals surface area (Å²) >= 11 is 0. The van der Waals surface area contributed by atoms with Crippen LogP contribution in [0.15, 0.2) is 30.6 Å². The molecule has 0 saturated heterocycles. The van der Waals surface area contributed by atoms with Gasteiger partial charge in [0.1, 0.15) is 23.7 Å². The second-order valence-corrected chi connectivity index (χ2v) is 8.30. The molecule has 0 aromatic carbocycles. The molecular weight excluding hydrogens is 392 g/mol. The van der Waals surface area contributed by atoms with Crippen molar-refractivity contribution >= 4 is 17.5 Å². The third-order valence-corrected chi connectivity index (χ3v) is 5.57. The Labute approximate surface area is 181 Å². The third kappa shape index (κ3) is 3.65. The molecule has 3 aromatic heterocycles.